The van der Waals surface area contributed by atoms with Gasteiger partial charge in [-0.25, -0.2) is 0 Å². The minimum absolute atomic E-state index is 0.0486. The van der Waals surface area contributed by atoms with Crippen molar-refractivity contribution >= 4 is 17.3 Å². The Kier molecular flexibility index (Phi) is 6.76. The zero-order valence-corrected chi connectivity index (χ0v) is 14.0. The van der Waals surface area contributed by atoms with Crippen LogP contribution in [0, 0.1) is 17.0 Å². The van der Waals surface area contributed by atoms with Gasteiger partial charge in [0.15, 0.2) is 0 Å². The predicted molar refractivity (Wildman–Crippen MR) is 95.9 cm³/mol. The summed E-state index contributed by atoms with van der Waals surface area (Å²) in [6.07, 6.45) is 0.284. The summed E-state index contributed by atoms with van der Waals surface area (Å²) in [6, 6.07) is 13.8. The van der Waals surface area contributed by atoms with Crippen LogP contribution in [0.5, 0.6) is 5.75 Å². The van der Waals surface area contributed by atoms with Crippen LogP contribution in [0.2, 0.25) is 0 Å². The van der Waals surface area contributed by atoms with Gasteiger partial charge in [0.1, 0.15) is 5.75 Å². The van der Waals surface area contributed by atoms with Crippen LogP contribution >= 0.6 is 0 Å². The molecule has 0 fully saturated rings. The van der Waals surface area contributed by atoms with E-state index in [2.05, 4.69) is 10.6 Å². The lowest BCUT2D eigenvalue weighted by molar-refractivity contribution is -0.384. The number of benzene rings is 2. The summed E-state index contributed by atoms with van der Waals surface area (Å²) in [5.41, 5.74) is 1.85. The lowest BCUT2D eigenvalue weighted by Crippen LogP contribution is -2.29. The average Bonchev–Trinajstić information content (AvgIpc) is 2.61. The van der Waals surface area contributed by atoms with Crippen molar-refractivity contribution in [2.45, 2.75) is 13.3 Å². The van der Waals surface area contributed by atoms with Crippen molar-refractivity contribution in [1.29, 1.82) is 0 Å². The number of rotatable bonds is 9. The number of nitrogens with one attached hydrogen (secondary N) is 2. The molecule has 25 heavy (non-hydrogen) atoms. The Morgan fingerprint density at radius 3 is 2.52 bits per heavy atom. The molecule has 0 aliphatic heterocycles. The lowest BCUT2D eigenvalue weighted by atomic mass is 10.2. The largest absolute Gasteiger partial charge is 0.493 e. The molecule has 7 heteroatoms. The van der Waals surface area contributed by atoms with Gasteiger partial charge < -0.3 is 15.4 Å². The lowest BCUT2D eigenvalue weighted by Gasteiger charge is -2.10. The Hall–Kier alpha value is -3.09. The van der Waals surface area contributed by atoms with Crippen LogP contribution in [0.15, 0.2) is 48.5 Å². The minimum Gasteiger partial charge on any atom is -0.493 e. The Balaban J connectivity index is 1.60. The summed E-state index contributed by atoms with van der Waals surface area (Å²) in [5, 5.41) is 16.5. The van der Waals surface area contributed by atoms with Crippen LogP contribution in [0.1, 0.15) is 12.0 Å². The van der Waals surface area contributed by atoms with E-state index in [4.69, 9.17) is 4.74 Å². The number of nitro benzene ring substituents is 1. The summed E-state index contributed by atoms with van der Waals surface area (Å²) >= 11 is 0. The van der Waals surface area contributed by atoms with E-state index in [9.17, 15) is 14.9 Å². The van der Waals surface area contributed by atoms with Crippen molar-refractivity contribution in [1.82, 2.24) is 5.32 Å². The van der Waals surface area contributed by atoms with Crippen molar-refractivity contribution in [3.8, 4) is 5.75 Å². The molecule has 2 aromatic rings. The first kappa shape index (κ1) is 18.3. The fourth-order valence-electron chi connectivity index (χ4n) is 2.17. The van der Waals surface area contributed by atoms with Crippen LogP contribution in [-0.4, -0.2) is 30.5 Å². The van der Waals surface area contributed by atoms with Gasteiger partial charge in [0.2, 0.25) is 5.91 Å². The number of hydrogen-bond acceptors (Lipinski definition) is 5. The number of nitrogens with zero attached hydrogens (tertiary/aromatic N) is 1. The van der Waals surface area contributed by atoms with Crippen molar-refractivity contribution in [2.24, 2.45) is 0 Å². The fraction of sp³-hybridized carbons (Fsp3) is 0.278. The molecule has 0 unspecified atom stereocenters. The predicted octanol–water partition coefficient (Wildman–Crippen LogP) is 2.90. The van der Waals surface area contributed by atoms with Gasteiger partial charge in [-0.3, -0.25) is 14.9 Å². The number of carbonyl (C=O) groups is 1. The van der Waals surface area contributed by atoms with Crippen LogP contribution in [0.25, 0.3) is 0 Å². The zero-order valence-electron chi connectivity index (χ0n) is 14.0. The van der Waals surface area contributed by atoms with E-state index in [0.717, 1.165) is 17.0 Å². The highest BCUT2D eigenvalue weighted by Gasteiger charge is 2.04. The molecule has 7 nitrogen and oxygen atoms in total. The van der Waals surface area contributed by atoms with Gasteiger partial charge in [0.25, 0.3) is 5.69 Å². The summed E-state index contributed by atoms with van der Waals surface area (Å²) < 4.78 is 5.58. The van der Waals surface area contributed by atoms with Crippen molar-refractivity contribution < 1.29 is 14.5 Å². The Labute approximate surface area is 146 Å². The molecule has 0 spiro atoms. The maximum atomic E-state index is 11.8. The van der Waals surface area contributed by atoms with E-state index >= 15 is 0 Å². The maximum Gasteiger partial charge on any atom is 0.269 e. The van der Waals surface area contributed by atoms with Gasteiger partial charge in [-0.05, 0) is 30.7 Å². The molecule has 0 aliphatic rings. The van der Waals surface area contributed by atoms with Crippen molar-refractivity contribution in [2.75, 3.05) is 25.0 Å². The Bertz CT molecular complexity index is 717. The second-order valence-corrected chi connectivity index (χ2v) is 5.44. The zero-order chi connectivity index (χ0) is 18.1. The summed E-state index contributed by atoms with van der Waals surface area (Å²) in [6.45, 7) is 3.27. The third-order valence-corrected chi connectivity index (χ3v) is 3.53. The third kappa shape index (κ3) is 6.14. The highest BCUT2D eigenvalue weighted by atomic mass is 16.6. The molecule has 132 valence electrons. The summed E-state index contributed by atoms with van der Waals surface area (Å²) in [5.74, 6) is 0.703. The number of aryl methyl sites for hydroxylation is 1. The number of hydrogen-bond donors (Lipinski definition) is 2. The van der Waals surface area contributed by atoms with Crippen LogP contribution in [-0.2, 0) is 4.79 Å². The van der Waals surface area contributed by atoms with Crippen molar-refractivity contribution in [3.05, 3.63) is 64.2 Å². The second-order valence-electron chi connectivity index (χ2n) is 5.44. The molecule has 0 saturated carbocycles. The van der Waals surface area contributed by atoms with Gasteiger partial charge >= 0.3 is 0 Å². The molecule has 0 atom stereocenters. The Morgan fingerprint density at radius 1 is 1.12 bits per heavy atom. The monoisotopic (exact) mass is 343 g/mol. The number of carbonyl (C=O) groups excluding carboxylic acids is 1. The van der Waals surface area contributed by atoms with E-state index < -0.39 is 4.92 Å². The van der Waals surface area contributed by atoms with Gasteiger partial charge in [0, 0.05) is 30.9 Å². The molecule has 1 amide bonds. The van der Waals surface area contributed by atoms with E-state index in [-0.39, 0.29) is 18.0 Å². The van der Waals surface area contributed by atoms with E-state index in [0.29, 0.717) is 19.7 Å². The molecule has 0 saturated heterocycles. The quantitative estimate of drug-likeness (QED) is 0.415. The molecule has 2 aromatic carbocycles. The van der Waals surface area contributed by atoms with E-state index in [1.54, 1.807) is 12.1 Å². The second kappa shape index (κ2) is 9.27. The minimum atomic E-state index is -0.441. The highest BCUT2D eigenvalue weighted by Crippen LogP contribution is 2.16. The van der Waals surface area contributed by atoms with Gasteiger partial charge in [-0.15, -0.1) is 0 Å². The number of ether oxygens (including phenoxy) is 1. The maximum absolute atomic E-state index is 11.8. The van der Waals surface area contributed by atoms with E-state index in [1.165, 1.54) is 12.1 Å². The molecule has 2 N–H and O–H groups in total. The third-order valence-electron chi connectivity index (χ3n) is 3.53. The first-order valence-electron chi connectivity index (χ1n) is 8.00. The first-order valence-corrected chi connectivity index (χ1v) is 8.00. The molecule has 0 aliphatic carbocycles. The molecule has 2 rings (SSSR count). The van der Waals surface area contributed by atoms with E-state index in [1.807, 2.05) is 31.2 Å². The van der Waals surface area contributed by atoms with Gasteiger partial charge in [0.05, 0.1) is 18.0 Å². The molecule has 0 bridgehead atoms. The average molecular weight is 343 g/mol. The smallest absolute Gasteiger partial charge is 0.269 e. The van der Waals surface area contributed by atoms with Crippen LogP contribution in [0.3, 0.4) is 0 Å². The molecular formula is C18H21N3O4. The number of amides is 1. The molecular weight excluding hydrogens is 322 g/mol. The van der Waals surface area contributed by atoms with Crippen molar-refractivity contribution in [3.63, 3.8) is 0 Å². The summed E-state index contributed by atoms with van der Waals surface area (Å²) in [7, 11) is 0. The SMILES string of the molecule is Cc1ccccc1OCCC(=O)NCCNc1ccc([N+](=O)[O-])cc1. The normalized spacial score (nSPS) is 10.1. The van der Waals surface area contributed by atoms with Gasteiger partial charge in [-0.2, -0.15) is 0 Å². The molecule has 0 aromatic heterocycles. The van der Waals surface area contributed by atoms with Gasteiger partial charge in [-0.1, -0.05) is 18.2 Å². The molecule has 0 radical (unpaired) electrons. The first-order chi connectivity index (χ1) is 12.1. The number of nitro groups is 1. The van der Waals surface area contributed by atoms with Crippen LogP contribution in [0.4, 0.5) is 11.4 Å². The summed E-state index contributed by atoms with van der Waals surface area (Å²) in [4.78, 5) is 21.9. The standard InChI is InChI=1S/C18H21N3O4/c1-14-4-2-3-5-17(14)25-13-10-18(22)20-12-11-19-15-6-8-16(9-7-15)21(23)24/h2-9,19H,10-13H2,1H3,(H,20,22). The topological polar surface area (TPSA) is 93.5 Å². The molecule has 0 heterocycles. The number of para-hydroxylation sites is 1. The Morgan fingerprint density at radius 2 is 1.84 bits per heavy atom. The highest BCUT2D eigenvalue weighted by molar-refractivity contribution is 5.76. The number of anilines is 1. The fourth-order valence-corrected chi connectivity index (χ4v) is 2.17. The number of non-ortho nitro benzene ring substituents is 1. The van der Waals surface area contributed by atoms with Crippen LogP contribution < -0.4 is 15.4 Å².